The second-order valence-corrected chi connectivity index (χ2v) is 12.2. The summed E-state index contributed by atoms with van der Waals surface area (Å²) in [6.45, 7) is 11.9. The van der Waals surface area contributed by atoms with E-state index in [2.05, 4.69) is 15.2 Å². The van der Waals surface area contributed by atoms with E-state index in [1.54, 1.807) is 29.3 Å². The van der Waals surface area contributed by atoms with Gasteiger partial charge in [0.05, 0.1) is 11.2 Å². The number of aromatic nitrogens is 1. The zero-order valence-corrected chi connectivity index (χ0v) is 23.8. The minimum atomic E-state index is -1.09. The van der Waals surface area contributed by atoms with Gasteiger partial charge in [-0.15, -0.1) is 0 Å². The molecule has 2 aliphatic rings. The van der Waals surface area contributed by atoms with Crippen molar-refractivity contribution < 1.29 is 14.7 Å². The quantitative estimate of drug-likeness (QED) is 0.522. The van der Waals surface area contributed by atoms with Crippen molar-refractivity contribution in [1.29, 1.82) is 0 Å². The van der Waals surface area contributed by atoms with Crippen molar-refractivity contribution in [2.75, 3.05) is 32.7 Å². The van der Waals surface area contributed by atoms with E-state index >= 15 is 0 Å². The highest BCUT2D eigenvalue weighted by Crippen LogP contribution is 2.46. The lowest BCUT2D eigenvalue weighted by atomic mass is 9.66. The van der Waals surface area contributed by atoms with Gasteiger partial charge in [0.1, 0.15) is 6.04 Å². The number of halogens is 1. The average molecular weight is 541 g/mol. The molecule has 2 fully saturated rings. The maximum absolute atomic E-state index is 13.6. The Morgan fingerprint density at radius 1 is 1.08 bits per heavy atom. The fourth-order valence-corrected chi connectivity index (χ4v) is 5.82. The SMILES string of the molecule is CC(C)[C@@H](NC(=O)c1ccc(CCN2CCCC2)nc1)C(=O)N1CC[C@](O)(c2ccc(Cl)cc2)C(C)(C)C1. The first-order valence-corrected chi connectivity index (χ1v) is 14.1. The second kappa shape index (κ2) is 11.7. The van der Waals surface area contributed by atoms with Crippen LogP contribution in [0.2, 0.25) is 5.02 Å². The number of pyridine rings is 1. The molecule has 2 saturated heterocycles. The molecule has 206 valence electrons. The number of amides is 2. The maximum Gasteiger partial charge on any atom is 0.253 e. The predicted molar refractivity (Wildman–Crippen MR) is 150 cm³/mol. The molecular formula is C30H41ClN4O3. The molecule has 2 aromatic rings. The Labute approximate surface area is 231 Å². The Bertz CT molecular complexity index is 1110. The van der Waals surface area contributed by atoms with Crippen molar-refractivity contribution in [1.82, 2.24) is 20.1 Å². The first-order valence-electron chi connectivity index (χ1n) is 13.8. The number of likely N-dealkylation sites (tertiary alicyclic amines) is 2. The van der Waals surface area contributed by atoms with E-state index in [-0.39, 0.29) is 17.7 Å². The van der Waals surface area contributed by atoms with Crippen LogP contribution in [0.3, 0.4) is 0 Å². The van der Waals surface area contributed by atoms with Gasteiger partial charge in [0, 0.05) is 48.4 Å². The first-order chi connectivity index (χ1) is 18.0. The molecule has 2 N–H and O–H groups in total. The molecule has 3 heterocycles. The fraction of sp³-hybridized carbons (Fsp3) is 0.567. The molecule has 0 radical (unpaired) electrons. The lowest BCUT2D eigenvalue weighted by Gasteiger charge is -2.51. The molecule has 1 aromatic carbocycles. The highest BCUT2D eigenvalue weighted by atomic mass is 35.5. The smallest absolute Gasteiger partial charge is 0.253 e. The number of benzene rings is 1. The Morgan fingerprint density at radius 2 is 1.76 bits per heavy atom. The predicted octanol–water partition coefficient (Wildman–Crippen LogP) is 4.27. The van der Waals surface area contributed by atoms with E-state index in [9.17, 15) is 14.7 Å². The Balaban J connectivity index is 1.39. The van der Waals surface area contributed by atoms with Gasteiger partial charge < -0.3 is 20.2 Å². The van der Waals surface area contributed by atoms with Crippen LogP contribution < -0.4 is 5.32 Å². The van der Waals surface area contributed by atoms with Gasteiger partial charge in [0.15, 0.2) is 0 Å². The molecule has 0 aliphatic carbocycles. The zero-order valence-electron chi connectivity index (χ0n) is 23.0. The van der Waals surface area contributed by atoms with E-state index in [0.29, 0.717) is 30.1 Å². The third kappa shape index (κ3) is 6.22. The molecular weight excluding hydrogens is 500 g/mol. The van der Waals surface area contributed by atoms with E-state index in [4.69, 9.17) is 11.6 Å². The fourth-order valence-electron chi connectivity index (χ4n) is 5.69. The second-order valence-electron chi connectivity index (χ2n) is 11.8. The molecule has 8 heteroatoms. The summed E-state index contributed by atoms with van der Waals surface area (Å²) in [4.78, 5) is 35.4. The summed E-state index contributed by atoms with van der Waals surface area (Å²) < 4.78 is 0. The van der Waals surface area contributed by atoms with Crippen molar-refractivity contribution in [3.05, 3.63) is 64.4 Å². The van der Waals surface area contributed by atoms with E-state index in [1.807, 2.05) is 45.9 Å². The maximum atomic E-state index is 13.6. The lowest BCUT2D eigenvalue weighted by molar-refractivity contribution is -0.155. The summed E-state index contributed by atoms with van der Waals surface area (Å²) in [5, 5.41) is 15.2. The van der Waals surface area contributed by atoms with Crippen LogP contribution in [0, 0.1) is 11.3 Å². The number of nitrogens with zero attached hydrogens (tertiary/aromatic N) is 3. The number of hydrogen-bond acceptors (Lipinski definition) is 5. The van der Waals surface area contributed by atoms with Crippen molar-refractivity contribution in [2.45, 2.75) is 65.0 Å². The van der Waals surface area contributed by atoms with Crippen molar-refractivity contribution >= 4 is 23.4 Å². The molecule has 0 saturated carbocycles. The summed E-state index contributed by atoms with van der Waals surface area (Å²) in [6, 6.07) is 10.3. The molecule has 2 atom stereocenters. The van der Waals surface area contributed by atoms with E-state index in [1.165, 1.54) is 12.8 Å². The third-order valence-corrected chi connectivity index (χ3v) is 8.52. The number of rotatable bonds is 8. The highest BCUT2D eigenvalue weighted by Gasteiger charge is 2.50. The number of nitrogens with one attached hydrogen (secondary N) is 1. The van der Waals surface area contributed by atoms with Crippen LogP contribution in [0.15, 0.2) is 42.6 Å². The van der Waals surface area contributed by atoms with Crippen LogP contribution in [-0.2, 0) is 16.8 Å². The van der Waals surface area contributed by atoms with Gasteiger partial charge in [-0.1, -0.05) is 51.4 Å². The molecule has 0 bridgehead atoms. The van der Waals surface area contributed by atoms with E-state index < -0.39 is 17.1 Å². The normalized spacial score (nSPS) is 22.4. The molecule has 2 aliphatic heterocycles. The monoisotopic (exact) mass is 540 g/mol. The minimum absolute atomic E-state index is 0.0978. The molecule has 2 amide bonds. The molecule has 0 unspecified atom stereocenters. The largest absolute Gasteiger partial charge is 0.384 e. The summed E-state index contributed by atoms with van der Waals surface area (Å²) >= 11 is 6.05. The van der Waals surface area contributed by atoms with E-state index in [0.717, 1.165) is 37.3 Å². The Morgan fingerprint density at radius 3 is 2.34 bits per heavy atom. The van der Waals surface area contributed by atoms with Gasteiger partial charge in [0.2, 0.25) is 5.91 Å². The molecule has 0 spiro atoms. The number of carbonyl (C=O) groups is 2. The van der Waals surface area contributed by atoms with Crippen LogP contribution in [0.25, 0.3) is 0 Å². The molecule has 1 aromatic heterocycles. The molecule has 7 nitrogen and oxygen atoms in total. The summed E-state index contributed by atoms with van der Waals surface area (Å²) in [7, 11) is 0. The minimum Gasteiger partial charge on any atom is -0.384 e. The van der Waals surface area contributed by atoms with Gasteiger partial charge in [-0.25, -0.2) is 0 Å². The zero-order chi connectivity index (χ0) is 27.5. The summed E-state index contributed by atoms with van der Waals surface area (Å²) in [5.74, 6) is -0.529. The van der Waals surface area contributed by atoms with Crippen LogP contribution in [0.1, 0.15) is 68.6 Å². The van der Waals surface area contributed by atoms with Crippen LogP contribution >= 0.6 is 11.6 Å². The topological polar surface area (TPSA) is 85.8 Å². The van der Waals surface area contributed by atoms with Gasteiger partial charge in [-0.3, -0.25) is 14.6 Å². The number of aliphatic hydroxyl groups is 1. The van der Waals surface area contributed by atoms with Crippen molar-refractivity contribution in [3.63, 3.8) is 0 Å². The summed E-state index contributed by atoms with van der Waals surface area (Å²) in [6.07, 6.45) is 5.39. The van der Waals surface area contributed by atoms with Crippen LogP contribution in [0.4, 0.5) is 0 Å². The molecule has 4 rings (SSSR count). The number of carbonyl (C=O) groups excluding carboxylic acids is 2. The van der Waals surface area contributed by atoms with Gasteiger partial charge in [-0.05, 0) is 68.1 Å². The average Bonchev–Trinajstić information content (AvgIpc) is 3.41. The van der Waals surface area contributed by atoms with Crippen LogP contribution in [-0.4, -0.2) is 70.5 Å². The van der Waals surface area contributed by atoms with Crippen molar-refractivity contribution in [2.24, 2.45) is 11.3 Å². The van der Waals surface area contributed by atoms with Crippen LogP contribution in [0.5, 0.6) is 0 Å². The first kappa shape index (κ1) is 28.5. The van der Waals surface area contributed by atoms with Gasteiger partial charge >= 0.3 is 0 Å². The highest BCUT2D eigenvalue weighted by molar-refractivity contribution is 6.30. The lowest BCUT2D eigenvalue weighted by Crippen LogP contribution is -2.60. The number of hydrogen-bond donors (Lipinski definition) is 2. The molecule has 38 heavy (non-hydrogen) atoms. The number of piperidine rings is 1. The summed E-state index contributed by atoms with van der Waals surface area (Å²) in [5.41, 5.74) is 0.518. The third-order valence-electron chi connectivity index (χ3n) is 8.27. The standard InChI is InChI=1S/C30H41ClN4O3/c1-21(2)26(33-27(36)22-7-12-25(32-19-22)13-17-34-15-5-6-16-34)28(37)35-18-14-30(38,29(3,4)20-35)23-8-10-24(31)11-9-23/h7-12,19,21,26,38H,5-6,13-18,20H2,1-4H3,(H,33,36)/t26-,30+/m1/s1. The Kier molecular flexibility index (Phi) is 8.80. The Hall–Kier alpha value is -2.48. The van der Waals surface area contributed by atoms with Gasteiger partial charge in [0.25, 0.3) is 5.91 Å². The van der Waals surface area contributed by atoms with Crippen molar-refractivity contribution in [3.8, 4) is 0 Å². The van der Waals surface area contributed by atoms with Gasteiger partial charge in [-0.2, -0.15) is 0 Å².